The summed E-state index contributed by atoms with van der Waals surface area (Å²) in [5.74, 6) is 0.119. The van der Waals surface area contributed by atoms with Crippen LogP contribution in [0.1, 0.15) is 15.9 Å². The number of hydrogen-bond acceptors (Lipinski definition) is 5. The van der Waals surface area contributed by atoms with Gasteiger partial charge in [0.1, 0.15) is 5.75 Å². The summed E-state index contributed by atoms with van der Waals surface area (Å²) < 4.78 is 33.0. The Morgan fingerprint density at radius 2 is 1.76 bits per heavy atom. The van der Waals surface area contributed by atoms with Crippen LogP contribution < -0.4 is 19.3 Å². The molecule has 0 saturated heterocycles. The van der Waals surface area contributed by atoms with Gasteiger partial charge in [0.15, 0.2) is 0 Å². The number of ether oxygens (including phenoxy) is 1. The lowest BCUT2D eigenvalue weighted by molar-refractivity contribution is -0.117. The van der Waals surface area contributed by atoms with Crippen LogP contribution in [0.3, 0.4) is 0 Å². The first-order chi connectivity index (χ1) is 15.7. The number of hydrogen-bond donors (Lipinski definition) is 1. The Kier molecular flexibility index (Phi) is 5.82. The minimum atomic E-state index is -3.98. The van der Waals surface area contributed by atoms with Gasteiger partial charge in [-0.3, -0.25) is 13.9 Å². The third-order valence-electron chi connectivity index (χ3n) is 5.62. The van der Waals surface area contributed by atoms with Gasteiger partial charge in [-0.05, 0) is 60.2 Å². The number of carbonyl (C=O) groups is 2. The maximum Gasteiger partial charge on any atom is 0.264 e. The first-order valence-corrected chi connectivity index (χ1v) is 11.6. The number of rotatable bonds is 6. The fraction of sp³-hybridized carbons (Fsp3) is 0.167. The van der Waals surface area contributed by atoms with Crippen LogP contribution >= 0.6 is 0 Å². The summed E-state index contributed by atoms with van der Waals surface area (Å²) in [6.45, 7) is 0. The molecule has 3 aromatic rings. The lowest BCUT2D eigenvalue weighted by Crippen LogP contribution is -2.29. The van der Waals surface area contributed by atoms with E-state index in [1.165, 1.54) is 24.1 Å². The number of para-hydroxylation sites is 1. The molecule has 0 aliphatic carbocycles. The average Bonchev–Trinajstić information content (AvgIpc) is 3.11. The number of methoxy groups -OCH3 is 1. The highest BCUT2D eigenvalue weighted by Crippen LogP contribution is 2.32. The van der Waals surface area contributed by atoms with Gasteiger partial charge >= 0.3 is 0 Å². The first-order valence-electron chi connectivity index (χ1n) is 10.1. The van der Waals surface area contributed by atoms with Gasteiger partial charge in [0.2, 0.25) is 5.91 Å². The molecule has 9 heteroatoms. The van der Waals surface area contributed by atoms with Crippen molar-refractivity contribution in [1.82, 2.24) is 0 Å². The van der Waals surface area contributed by atoms with Crippen molar-refractivity contribution in [3.63, 3.8) is 0 Å². The van der Waals surface area contributed by atoms with Crippen molar-refractivity contribution in [2.45, 2.75) is 11.3 Å². The highest BCUT2D eigenvalue weighted by atomic mass is 32.2. The van der Waals surface area contributed by atoms with Crippen LogP contribution in [0.2, 0.25) is 0 Å². The fourth-order valence-electron chi connectivity index (χ4n) is 3.71. The van der Waals surface area contributed by atoms with E-state index in [2.05, 4.69) is 5.32 Å². The Bertz CT molecular complexity index is 1340. The predicted octanol–water partition coefficient (Wildman–Crippen LogP) is 3.29. The second-order valence-corrected chi connectivity index (χ2v) is 9.56. The predicted molar refractivity (Wildman–Crippen MR) is 127 cm³/mol. The zero-order valence-electron chi connectivity index (χ0n) is 18.4. The quantitative estimate of drug-likeness (QED) is 0.603. The van der Waals surface area contributed by atoms with E-state index in [-0.39, 0.29) is 28.5 Å². The SMILES string of the molecule is COc1ccc(NC(=O)c2ccccc2N(C)S(=O)(=O)c2ccc3c(c2)CC(=O)N3C)cc1. The van der Waals surface area contributed by atoms with E-state index < -0.39 is 15.9 Å². The molecular weight excluding hydrogens is 442 g/mol. The monoisotopic (exact) mass is 465 g/mol. The highest BCUT2D eigenvalue weighted by Gasteiger charge is 2.29. The van der Waals surface area contributed by atoms with Crippen molar-refractivity contribution in [2.24, 2.45) is 0 Å². The van der Waals surface area contributed by atoms with Gasteiger partial charge in [-0.2, -0.15) is 0 Å². The standard InChI is InChI=1S/C24H23N3O5S/c1-26-21-13-12-19(14-16(21)15-23(26)28)33(30,31)27(2)22-7-5-4-6-20(22)24(29)25-17-8-10-18(32-3)11-9-17/h4-14H,15H2,1-3H3,(H,25,29). The maximum atomic E-state index is 13.4. The van der Waals surface area contributed by atoms with E-state index in [1.54, 1.807) is 68.8 Å². The molecule has 33 heavy (non-hydrogen) atoms. The van der Waals surface area contributed by atoms with Crippen LogP contribution in [0.5, 0.6) is 5.75 Å². The summed E-state index contributed by atoms with van der Waals surface area (Å²) in [6.07, 6.45) is 0.153. The van der Waals surface area contributed by atoms with Gasteiger partial charge in [-0.1, -0.05) is 12.1 Å². The smallest absolute Gasteiger partial charge is 0.264 e. The Labute approximate surface area is 192 Å². The second-order valence-electron chi connectivity index (χ2n) is 7.59. The molecule has 0 atom stereocenters. The van der Waals surface area contributed by atoms with Crippen molar-refractivity contribution in [2.75, 3.05) is 35.7 Å². The number of anilines is 3. The molecule has 1 aliphatic heterocycles. The minimum Gasteiger partial charge on any atom is -0.497 e. The van der Waals surface area contributed by atoms with Gasteiger partial charge < -0.3 is 15.0 Å². The van der Waals surface area contributed by atoms with Gasteiger partial charge in [-0.25, -0.2) is 8.42 Å². The minimum absolute atomic E-state index is 0.0530. The normalized spacial score (nSPS) is 12.9. The molecule has 1 heterocycles. The summed E-state index contributed by atoms with van der Waals surface area (Å²) in [7, 11) is 0.634. The zero-order valence-corrected chi connectivity index (χ0v) is 19.2. The first kappa shape index (κ1) is 22.3. The highest BCUT2D eigenvalue weighted by molar-refractivity contribution is 7.92. The molecule has 3 aromatic carbocycles. The molecule has 0 bridgehead atoms. The lowest BCUT2D eigenvalue weighted by atomic mass is 10.1. The van der Waals surface area contributed by atoms with Gasteiger partial charge in [-0.15, -0.1) is 0 Å². The van der Waals surface area contributed by atoms with Crippen molar-refractivity contribution in [3.05, 3.63) is 77.9 Å². The number of likely N-dealkylation sites (N-methyl/N-ethyl adjacent to an activating group) is 1. The van der Waals surface area contributed by atoms with Gasteiger partial charge in [0, 0.05) is 25.5 Å². The third kappa shape index (κ3) is 4.14. The second kappa shape index (κ2) is 8.59. The summed E-state index contributed by atoms with van der Waals surface area (Å²) in [4.78, 5) is 26.5. The zero-order chi connectivity index (χ0) is 23.8. The third-order valence-corrected chi connectivity index (χ3v) is 7.39. The van der Waals surface area contributed by atoms with Crippen LogP contribution in [0, 0.1) is 0 Å². The number of nitrogens with zero attached hydrogens (tertiary/aromatic N) is 2. The summed E-state index contributed by atoms with van der Waals surface area (Å²) >= 11 is 0. The van der Waals surface area contributed by atoms with Crippen molar-refractivity contribution < 1.29 is 22.7 Å². The van der Waals surface area contributed by atoms with Crippen LogP contribution in [-0.2, 0) is 21.2 Å². The number of benzene rings is 3. The number of fused-ring (bicyclic) bond motifs is 1. The molecule has 0 saturated carbocycles. The molecule has 0 fully saturated rings. The Morgan fingerprint density at radius 1 is 1.06 bits per heavy atom. The van der Waals surface area contributed by atoms with Crippen LogP contribution in [0.25, 0.3) is 0 Å². The van der Waals surface area contributed by atoms with E-state index in [4.69, 9.17) is 4.74 Å². The molecule has 4 rings (SSSR count). The molecular formula is C24H23N3O5S. The van der Waals surface area contributed by atoms with Crippen LogP contribution in [0.4, 0.5) is 17.1 Å². The molecule has 0 spiro atoms. The van der Waals surface area contributed by atoms with Crippen LogP contribution in [0.15, 0.2) is 71.6 Å². The summed E-state index contributed by atoms with van der Waals surface area (Å²) in [5.41, 5.74) is 2.34. The Morgan fingerprint density at radius 3 is 2.45 bits per heavy atom. The van der Waals surface area contributed by atoms with E-state index >= 15 is 0 Å². The van der Waals surface area contributed by atoms with Crippen molar-refractivity contribution in [1.29, 1.82) is 0 Å². The molecule has 2 amide bonds. The van der Waals surface area contributed by atoms with Gasteiger partial charge in [0.25, 0.3) is 15.9 Å². The molecule has 1 aliphatic rings. The molecule has 8 nitrogen and oxygen atoms in total. The summed E-state index contributed by atoms with van der Waals surface area (Å²) in [6, 6.07) is 17.9. The number of sulfonamides is 1. The Balaban J connectivity index is 1.63. The number of amides is 2. The average molecular weight is 466 g/mol. The summed E-state index contributed by atoms with van der Waals surface area (Å²) in [5, 5.41) is 2.78. The topological polar surface area (TPSA) is 96.0 Å². The van der Waals surface area contributed by atoms with Gasteiger partial charge in [0.05, 0.1) is 29.7 Å². The number of carbonyl (C=O) groups excluding carboxylic acids is 2. The molecule has 1 N–H and O–H groups in total. The Hall–Kier alpha value is -3.85. The van der Waals surface area contributed by atoms with E-state index in [9.17, 15) is 18.0 Å². The number of nitrogens with one attached hydrogen (secondary N) is 1. The van der Waals surface area contributed by atoms with Crippen molar-refractivity contribution in [3.8, 4) is 5.75 Å². The fourth-order valence-corrected chi connectivity index (χ4v) is 4.97. The van der Waals surface area contributed by atoms with E-state index in [0.717, 1.165) is 4.31 Å². The molecule has 170 valence electrons. The van der Waals surface area contributed by atoms with E-state index in [0.29, 0.717) is 22.7 Å². The van der Waals surface area contributed by atoms with Crippen LogP contribution in [-0.4, -0.2) is 41.4 Å². The lowest BCUT2D eigenvalue weighted by Gasteiger charge is -2.22. The maximum absolute atomic E-state index is 13.4. The molecule has 0 radical (unpaired) electrons. The molecule has 0 aromatic heterocycles. The van der Waals surface area contributed by atoms with E-state index in [1.807, 2.05) is 0 Å². The largest absolute Gasteiger partial charge is 0.497 e. The van der Waals surface area contributed by atoms with Crippen molar-refractivity contribution >= 4 is 38.9 Å². The molecule has 0 unspecified atom stereocenters.